The molecule has 0 saturated heterocycles. The van der Waals surface area contributed by atoms with Crippen molar-refractivity contribution in [3.8, 4) is 51.6 Å². The first kappa shape index (κ1) is 29.3. The molecule has 6 nitrogen and oxygen atoms in total. The van der Waals surface area contributed by atoms with E-state index in [4.69, 9.17) is 19.7 Å². The van der Waals surface area contributed by atoms with Gasteiger partial charge in [-0.3, -0.25) is 0 Å². The van der Waals surface area contributed by atoms with Crippen LogP contribution in [0.3, 0.4) is 0 Å². The van der Waals surface area contributed by atoms with Crippen LogP contribution < -0.4 is 0 Å². The Morgan fingerprint density at radius 1 is 0.438 bits per heavy atom. The third-order valence-electron chi connectivity index (χ3n) is 8.41. The van der Waals surface area contributed by atoms with E-state index in [1.165, 1.54) is 0 Å². The van der Waals surface area contributed by atoms with Crippen molar-refractivity contribution in [2.24, 2.45) is 0 Å². The summed E-state index contributed by atoms with van der Waals surface area (Å²) in [5.74, 6) is -8.96. The Bertz CT molecular complexity index is 2330. The predicted molar refractivity (Wildman–Crippen MR) is 157 cm³/mol. The Morgan fingerprint density at radius 3 is 1.12 bits per heavy atom. The van der Waals surface area contributed by atoms with E-state index in [-0.39, 0.29) is 83.5 Å². The van der Waals surface area contributed by atoms with Crippen LogP contribution >= 0.6 is 0 Å². The molecule has 3 aliphatic carbocycles. The lowest BCUT2D eigenvalue weighted by Gasteiger charge is -2.18. The first-order chi connectivity index (χ1) is 23.1. The maximum Gasteiger partial charge on any atom is 0.527 e. The minimum Gasteiger partial charge on any atom is -0.226 e. The van der Waals surface area contributed by atoms with Gasteiger partial charge >= 0.3 is 5.82 Å². The van der Waals surface area contributed by atoms with E-state index in [1.54, 1.807) is 18.2 Å². The number of benzene rings is 4. The van der Waals surface area contributed by atoms with Gasteiger partial charge in [0.2, 0.25) is 0 Å². The molecule has 3 aliphatic rings. The highest BCUT2D eigenvalue weighted by atomic mass is 19.2. The SMILES string of the molecule is [C-]#[N+]C([N+]#[C-])=C1c2cc(F)c(F)cc2-c2c1c1c(c3c2/C(=C(/C#N)[N+]#[C-])c2cc(F)c(F)cc2-3)C(=C(C#N)C#N)c2cc(F)c(F)cc2-1. The van der Waals surface area contributed by atoms with Gasteiger partial charge in [0.05, 0.1) is 18.2 Å². The minimum atomic E-state index is -1.39. The number of hydrogen-bond donors (Lipinski definition) is 0. The van der Waals surface area contributed by atoms with Gasteiger partial charge in [-0.2, -0.15) is 20.2 Å². The molecule has 0 spiro atoms. The molecule has 7 rings (SSSR count). The molecule has 0 atom stereocenters. The van der Waals surface area contributed by atoms with Crippen LogP contribution in [0.25, 0.3) is 64.6 Å². The summed E-state index contributed by atoms with van der Waals surface area (Å²) in [5, 5.41) is 30.1. The van der Waals surface area contributed by atoms with Gasteiger partial charge in [-0.1, -0.05) is 0 Å². The number of nitrogens with zero attached hydrogens (tertiary/aromatic N) is 6. The van der Waals surface area contributed by atoms with Gasteiger partial charge in [-0.25, -0.2) is 36.4 Å². The molecule has 0 bridgehead atoms. The van der Waals surface area contributed by atoms with Crippen molar-refractivity contribution in [2.75, 3.05) is 0 Å². The first-order valence-corrected chi connectivity index (χ1v) is 13.4. The molecule has 12 heteroatoms. The molecule has 222 valence electrons. The van der Waals surface area contributed by atoms with E-state index in [2.05, 4.69) is 14.5 Å². The van der Waals surface area contributed by atoms with Crippen LogP contribution in [0, 0.1) is 88.6 Å². The van der Waals surface area contributed by atoms with Crippen molar-refractivity contribution < 1.29 is 26.3 Å². The van der Waals surface area contributed by atoms with Crippen molar-refractivity contribution in [3.05, 3.63) is 156 Å². The van der Waals surface area contributed by atoms with E-state index in [9.17, 15) is 29.0 Å². The van der Waals surface area contributed by atoms with Crippen molar-refractivity contribution in [1.29, 1.82) is 15.8 Å². The summed E-state index contributed by atoms with van der Waals surface area (Å²) in [6.45, 7) is 23.3. The van der Waals surface area contributed by atoms with Crippen LogP contribution in [0.15, 0.2) is 53.5 Å². The second kappa shape index (κ2) is 10.1. The molecule has 0 N–H and O–H groups in total. The Morgan fingerprint density at radius 2 is 0.771 bits per heavy atom. The predicted octanol–water partition coefficient (Wildman–Crippen LogP) is 9.07. The quantitative estimate of drug-likeness (QED) is 0.0946. The van der Waals surface area contributed by atoms with Gasteiger partial charge in [-0.15, -0.1) is 0 Å². The summed E-state index contributed by atoms with van der Waals surface area (Å²) in [7, 11) is 0. The van der Waals surface area contributed by atoms with Crippen LogP contribution in [0.2, 0.25) is 0 Å². The monoisotopic (exact) mass is 636 g/mol. The summed E-state index contributed by atoms with van der Waals surface area (Å²) in [5.41, 5.74) is -4.06. The standard InChI is InChI=1S/C36H6F6N6/c1-46-26(12-45)28-15-5-21(38)23(40)7-17(15)29-33-27(13(10-43)11-44)14-4-20(37)22(39)6-16(14)30(33)35-31(34(28)29)18-8-24(41)25(42)9-19(18)32(35)36(47-2)48-3/h4-9H/b28-26-. The van der Waals surface area contributed by atoms with Crippen molar-refractivity contribution in [2.45, 2.75) is 0 Å². The molecule has 0 amide bonds. The van der Waals surface area contributed by atoms with Crippen molar-refractivity contribution in [3.63, 3.8) is 0 Å². The molecule has 4 aromatic rings. The topological polar surface area (TPSA) is 84.4 Å². The number of nitriles is 3. The van der Waals surface area contributed by atoms with Gasteiger partial charge in [-0.05, 0) is 97.6 Å². The fourth-order valence-electron chi connectivity index (χ4n) is 6.74. The third kappa shape index (κ3) is 3.52. The fourth-order valence-corrected chi connectivity index (χ4v) is 6.74. The minimum absolute atomic E-state index is 0.117. The highest BCUT2D eigenvalue weighted by molar-refractivity contribution is 6.24. The maximum atomic E-state index is 15.0. The lowest BCUT2D eigenvalue weighted by Crippen LogP contribution is -1.99. The summed E-state index contributed by atoms with van der Waals surface area (Å²) < 4.78 is 89.8. The van der Waals surface area contributed by atoms with E-state index in [0.717, 1.165) is 18.2 Å². The zero-order valence-corrected chi connectivity index (χ0v) is 23.4. The molecule has 0 aromatic heterocycles. The maximum absolute atomic E-state index is 15.0. The second-order valence-electron chi connectivity index (χ2n) is 10.5. The zero-order valence-electron chi connectivity index (χ0n) is 23.4. The molecule has 0 radical (unpaired) electrons. The molecule has 48 heavy (non-hydrogen) atoms. The molecule has 4 aromatic carbocycles. The van der Waals surface area contributed by atoms with E-state index in [1.807, 2.05) is 0 Å². The van der Waals surface area contributed by atoms with E-state index < -0.39 is 52.0 Å². The zero-order chi connectivity index (χ0) is 34.3. The van der Waals surface area contributed by atoms with E-state index >= 15 is 13.2 Å². The summed E-state index contributed by atoms with van der Waals surface area (Å²) >= 11 is 0. The summed E-state index contributed by atoms with van der Waals surface area (Å²) in [6, 6.07) is 9.48. The molecule has 0 aliphatic heterocycles. The Hall–Kier alpha value is -7.38. The molecule has 0 fully saturated rings. The third-order valence-corrected chi connectivity index (χ3v) is 8.41. The molecular formula is C36H6F6N6. The van der Waals surface area contributed by atoms with Crippen LogP contribution in [-0.4, -0.2) is 0 Å². The molecule has 0 heterocycles. The number of hydrogen-bond acceptors (Lipinski definition) is 3. The van der Waals surface area contributed by atoms with Gasteiger partial charge in [0.25, 0.3) is 5.70 Å². The van der Waals surface area contributed by atoms with Crippen LogP contribution in [0.4, 0.5) is 26.3 Å². The Labute approximate surface area is 266 Å². The van der Waals surface area contributed by atoms with Crippen LogP contribution in [0.5, 0.6) is 0 Å². The summed E-state index contributed by atoms with van der Waals surface area (Å²) in [6.07, 6.45) is 0. The largest absolute Gasteiger partial charge is 0.527 e. The Kier molecular flexibility index (Phi) is 6.15. The fraction of sp³-hybridized carbons (Fsp3) is 0. The smallest absolute Gasteiger partial charge is 0.226 e. The van der Waals surface area contributed by atoms with Crippen LogP contribution in [0.1, 0.15) is 33.4 Å². The first-order valence-electron chi connectivity index (χ1n) is 13.4. The molecule has 0 unspecified atom stereocenters. The van der Waals surface area contributed by atoms with Crippen LogP contribution in [-0.2, 0) is 0 Å². The highest BCUT2D eigenvalue weighted by Gasteiger charge is 2.46. The van der Waals surface area contributed by atoms with Gasteiger partial charge in [0, 0.05) is 16.7 Å². The normalized spacial score (nSPS) is 13.2. The van der Waals surface area contributed by atoms with Gasteiger partial charge in [0.15, 0.2) is 34.9 Å². The average molecular weight is 636 g/mol. The second-order valence-corrected chi connectivity index (χ2v) is 10.5. The molecular weight excluding hydrogens is 630 g/mol. The lowest BCUT2D eigenvalue weighted by atomic mass is 9.83. The number of rotatable bonds is 0. The van der Waals surface area contributed by atoms with Crippen molar-refractivity contribution in [1.82, 2.24) is 0 Å². The average Bonchev–Trinajstić information content (AvgIpc) is 3.66. The van der Waals surface area contributed by atoms with Crippen molar-refractivity contribution >= 4 is 16.7 Å². The number of halogens is 6. The molecule has 0 saturated carbocycles. The summed E-state index contributed by atoms with van der Waals surface area (Å²) in [4.78, 5) is 9.83. The van der Waals surface area contributed by atoms with E-state index in [0.29, 0.717) is 18.2 Å². The van der Waals surface area contributed by atoms with Gasteiger partial charge in [0.1, 0.15) is 30.9 Å². The Balaban J connectivity index is 1.91. The number of fused-ring (bicyclic) bond motifs is 12. The number of allylic oxidation sites excluding steroid dienone is 2. The lowest BCUT2D eigenvalue weighted by molar-refractivity contribution is 0.509. The van der Waals surface area contributed by atoms with Gasteiger partial charge < -0.3 is 0 Å². The highest BCUT2D eigenvalue weighted by Crippen LogP contribution is 2.65.